The molecule has 5 rings (SSSR count). The first-order valence-corrected chi connectivity index (χ1v) is 11.8. The van der Waals surface area contributed by atoms with Crippen LogP contribution in [0.5, 0.6) is 5.75 Å². The summed E-state index contributed by atoms with van der Waals surface area (Å²) >= 11 is 0. The maximum absolute atomic E-state index is 13.7. The second kappa shape index (κ2) is 9.66. The van der Waals surface area contributed by atoms with Gasteiger partial charge in [0.25, 0.3) is 0 Å². The molecule has 0 spiro atoms. The Morgan fingerprint density at radius 1 is 0.943 bits per heavy atom. The van der Waals surface area contributed by atoms with Crippen molar-refractivity contribution in [2.45, 2.75) is 26.0 Å². The second-order valence-electron chi connectivity index (χ2n) is 9.03. The van der Waals surface area contributed by atoms with Crippen LogP contribution in [0, 0.1) is 11.8 Å². The van der Waals surface area contributed by atoms with Gasteiger partial charge in [0.05, 0.1) is 24.5 Å². The molecule has 35 heavy (non-hydrogen) atoms. The number of allylic oxidation sites excluding steroid dienone is 1. The molecule has 0 aromatic heterocycles. The normalized spacial score (nSPS) is 21.1. The molecular formula is C29H28N2O4. The van der Waals surface area contributed by atoms with Crippen LogP contribution in [0.15, 0.2) is 90.1 Å². The minimum Gasteiger partial charge on any atom is -0.489 e. The number of Topliss-reactive ketones (excluding diaryl/α,β-unsaturated/α-hetero) is 1. The number of fused-ring (bicyclic) bond motifs is 1. The van der Waals surface area contributed by atoms with Crippen molar-refractivity contribution in [2.75, 3.05) is 17.7 Å². The lowest BCUT2D eigenvalue weighted by Crippen LogP contribution is -2.39. The standard InChI is InChI=1S/C29H28N2O4/c1-18-16-24-26(28(32)25(18)29(33)34-2)27(31-23-11-7-6-10-22(23)30-24)20-12-14-21(15-13-20)35-17-19-8-4-3-5-9-19/h3-15,18,25,27,30-31H,16-17H2,1-2H3/t18-,25+,27-/m1/s1. The number of methoxy groups -OCH3 is 1. The zero-order chi connectivity index (χ0) is 24.4. The fourth-order valence-corrected chi connectivity index (χ4v) is 4.88. The predicted octanol–water partition coefficient (Wildman–Crippen LogP) is 5.50. The van der Waals surface area contributed by atoms with Crippen molar-refractivity contribution < 1.29 is 19.1 Å². The molecule has 2 N–H and O–H groups in total. The number of hydrogen-bond acceptors (Lipinski definition) is 6. The van der Waals surface area contributed by atoms with Crippen LogP contribution in [0.4, 0.5) is 11.4 Å². The largest absolute Gasteiger partial charge is 0.489 e. The third-order valence-electron chi connectivity index (χ3n) is 6.69. The predicted molar refractivity (Wildman–Crippen MR) is 135 cm³/mol. The molecule has 6 heteroatoms. The molecule has 3 aromatic carbocycles. The van der Waals surface area contributed by atoms with E-state index < -0.39 is 17.9 Å². The van der Waals surface area contributed by atoms with Crippen LogP contribution >= 0.6 is 0 Å². The number of ketones is 1. The molecule has 2 aliphatic rings. The van der Waals surface area contributed by atoms with Crippen molar-refractivity contribution in [2.24, 2.45) is 11.8 Å². The van der Waals surface area contributed by atoms with E-state index in [0.29, 0.717) is 18.6 Å². The molecule has 0 saturated carbocycles. The summed E-state index contributed by atoms with van der Waals surface area (Å²) in [5.74, 6) is -0.928. The van der Waals surface area contributed by atoms with Crippen LogP contribution in [-0.4, -0.2) is 18.9 Å². The fourth-order valence-electron chi connectivity index (χ4n) is 4.88. The number of anilines is 2. The van der Waals surface area contributed by atoms with Crippen LogP contribution in [0.2, 0.25) is 0 Å². The molecule has 1 aliphatic carbocycles. The number of carbonyl (C=O) groups excluding carboxylic acids is 2. The van der Waals surface area contributed by atoms with Gasteiger partial charge < -0.3 is 20.1 Å². The number of para-hydroxylation sites is 2. The van der Waals surface area contributed by atoms with Gasteiger partial charge in [-0.25, -0.2) is 0 Å². The van der Waals surface area contributed by atoms with E-state index in [1.54, 1.807) is 0 Å². The summed E-state index contributed by atoms with van der Waals surface area (Å²) < 4.78 is 10.9. The number of benzene rings is 3. The van der Waals surface area contributed by atoms with E-state index in [-0.39, 0.29) is 11.7 Å². The molecule has 0 saturated heterocycles. The lowest BCUT2D eigenvalue weighted by Gasteiger charge is -2.32. The minimum atomic E-state index is -0.820. The molecular weight excluding hydrogens is 440 g/mol. The molecule has 3 atom stereocenters. The van der Waals surface area contributed by atoms with Crippen molar-refractivity contribution in [1.29, 1.82) is 0 Å². The van der Waals surface area contributed by atoms with Crippen molar-refractivity contribution in [3.05, 3.63) is 101 Å². The van der Waals surface area contributed by atoms with E-state index in [9.17, 15) is 9.59 Å². The van der Waals surface area contributed by atoms with E-state index in [1.807, 2.05) is 85.8 Å². The quantitative estimate of drug-likeness (QED) is 0.381. The van der Waals surface area contributed by atoms with E-state index in [0.717, 1.165) is 33.9 Å². The monoisotopic (exact) mass is 468 g/mol. The highest BCUT2D eigenvalue weighted by Crippen LogP contribution is 2.43. The first-order valence-electron chi connectivity index (χ1n) is 11.8. The Labute approximate surface area is 205 Å². The lowest BCUT2D eigenvalue weighted by atomic mass is 9.75. The summed E-state index contributed by atoms with van der Waals surface area (Å²) in [6.45, 7) is 2.40. The average molecular weight is 469 g/mol. The molecule has 0 bridgehead atoms. The fraction of sp³-hybridized carbons (Fsp3) is 0.241. The Morgan fingerprint density at radius 2 is 1.63 bits per heavy atom. The number of nitrogens with one attached hydrogen (secondary N) is 2. The Morgan fingerprint density at radius 3 is 2.34 bits per heavy atom. The minimum absolute atomic E-state index is 0.166. The van der Waals surface area contributed by atoms with Crippen LogP contribution in [-0.2, 0) is 20.9 Å². The first-order chi connectivity index (χ1) is 17.0. The van der Waals surface area contributed by atoms with Gasteiger partial charge in [0.1, 0.15) is 18.3 Å². The van der Waals surface area contributed by atoms with Gasteiger partial charge in [-0.05, 0) is 47.7 Å². The van der Waals surface area contributed by atoms with E-state index in [4.69, 9.17) is 9.47 Å². The summed E-state index contributed by atoms with van der Waals surface area (Å²) in [5.41, 5.74) is 5.22. The van der Waals surface area contributed by atoms with Crippen molar-refractivity contribution in [1.82, 2.24) is 0 Å². The number of esters is 1. The highest BCUT2D eigenvalue weighted by Gasteiger charge is 2.44. The summed E-state index contributed by atoms with van der Waals surface area (Å²) in [7, 11) is 1.33. The molecule has 178 valence electrons. The second-order valence-corrected chi connectivity index (χ2v) is 9.03. The summed E-state index contributed by atoms with van der Waals surface area (Å²) in [5, 5.41) is 7.01. The van der Waals surface area contributed by atoms with Gasteiger partial charge in [0, 0.05) is 11.3 Å². The van der Waals surface area contributed by atoms with Crippen molar-refractivity contribution in [3.63, 3.8) is 0 Å². The highest BCUT2D eigenvalue weighted by molar-refractivity contribution is 6.11. The Balaban J connectivity index is 1.48. The molecule has 1 aliphatic heterocycles. The van der Waals surface area contributed by atoms with Crippen molar-refractivity contribution in [3.8, 4) is 5.75 Å². The van der Waals surface area contributed by atoms with Crippen LogP contribution in [0.1, 0.15) is 30.5 Å². The van der Waals surface area contributed by atoms with Gasteiger partial charge in [0.2, 0.25) is 0 Å². The summed E-state index contributed by atoms with van der Waals surface area (Å²) in [6, 6.07) is 25.2. The van der Waals surface area contributed by atoms with Crippen molar-refractivity contribution >= 4 is 23.1 Å². The molecule has 0 amide bonds. The van der Waals surface area contributed by atoms with Gasteiger partial charge in [-0.2, -0.15) is 0 Å². The highest BCUT2D eigenvalue weighted by atomic mass is 16.5. The third kappa shape index (κ3) is 4.52. The summed E-state index contributed by atoms with van der Waals surface area (Å²) in [6.07, 6.45) is 0.575. The molecule has 0 unspecified atom stereocenters. The van der Waals surface area contributed by atoms with Gasteiger partial charge in [-0.3, -0.25) is 9.59 Å². The Kier molecular flexibility index (Phi) is 6.27. The Bertz CT molecular complexity index is 1270. The molecule has 1 heterocycles. The van der Waals surface area contributed by atoms with Crippen LogP contribution in [0.3, 0.4) is 0 Å². The first kappa shape index (κ1) is 22.7. The van der Waals surface area contributed by atoms with E-state index in [2.05, 4.69) is 10.6 Å². The van der Waals surface area contributed by atoms with Gasteiger partial charge >= 0.3 is 5.97 Å². The van der Waals surface area contributed by atoms with Gasteiger partial charge in [0.15, 0.2) is 5.78 Å². The van der Waals surface area contributed by atoms with E-state index in [1.165, 1.54) is 7.11 Å². The van der Waals surface area contributed by atoms with Gasteiger partial charge in [-0.15, -0.1) is 0 Å². The van der Waals surface area contributed by atoms with Crippen LogP contribution < -0.4 is 15.4 Å². The lowest BCUT2D eigenvalue weighted by molar-refractivity contribution is -0.151. The van der Waals surface area contributed by atoms with Gasteiger partial charge in [-0.1, -0.05) is 61.5 Å². The number of ether oxygens (including phenoxy) is 2. The van der Waals surface area contributed by atoms with E-state index >= 15 is 0 Å². The SMILES string of the molecule is COC(=O)[C@@H]1C(=O)C2=C(C[C@H]1C)Nc1ccccc1N[C@@H]2c1ccc(OCc2ccccc2)cc1. The maximum Gasteiger partial charge on any atom is 0.316 e. The average Bonchev–Trinajstić information content (AvgIpc) is 3.05. The Hall–Kier alpha value is -4.06. The summed E-state index contributed by atoms with van der Waals surface area (Å²) in [4.78, 5) is 26.2. The number of carbonyl (C=O) groups is 2. The third-order valence-corrected chi connectivity index (χ3v) is 6.69. The smallest absolute Gasteiger partial charge is 0.316 e. The molecule has 3 aromatic rings. The molecule has 6 nitrogen and oxygen atoms in total. The van der Waals surface area contributed by atoms with Crippen LogP contribution in [0.25, 0.3) is 0 Å². The molecule has 0 fully saturated rings. The zero-order valence-corrected chi connectivity index (χ0v) is 19.8. The number of hydrogen-bond donors (Lipinski definition) is 2. The molecule has 0 radical (unpaired) electrons. The zero-order valence-electron chi connectivity index (χ0n) is 19.8. The topological polar surface area (TPSA) is 76.7 Å². The maximum atomic E-state index is 13.7. The number of rotatable bonds is 5.